The molecule has 240 valence electrons. The number of esters is 1. The summed E-state index contributed by atoms with van der Waals surface area (Å²) in [4.78, 5) is 48.4. The van der Waals surface area contributed by atoms with Crippen LogP contribution >= 0.6 is 0 Å². The lowest BCUT2D eigenvalue weighted by atomic mass is 10.1. The summed E-state index contributed by atoms with van der Waals surface area (Å²) < 4.78 is 5.30. The molecule has 0 amide bonds. The fourth-order valence-electron chi connectivity index (χ4n) is 5.02. The molecule has 0 aliphatic carbocycles. The Morgan fingerprint density at radius 3 is 1.95 bits per heavy atom. The number of carbonyl (C=O) groups excluding carboxylic acids is 1. The standard InChI is InChI=1S/C33H57N3O6/c1-3-4-5-6-7-14-19-27-42-29(39)22-16-11-9-13-18-25-36(24-17-12-8-10-15-21-28(37)38)26-20-23-35-31-30(34-2)32(40)33(31)41/h14,19,34-35H,3-13,15-18,20-27H2,1-2H3,(H,37,38)/b19-14-. The highest BCUT2D eigenvalue weighted by Crippen LogP contribution is 2.14. The molecule has 9 nitrogen and oxygen atoms in total. The van der Waals surface area contributed by atoms with Gasteiger partial charge in [-0.2, -0.15) is 0 Å². The number of aliphatic carboxylic acids is 1. The Bertz CT molecular complexity index is 954. The van der Waals surface area contributed by atoms with E-state index in [1.807, 2.05) is 6.08 Å². The Labute approximate surface area is 253 Å². The fraction of sp³-hybridized carbons (Fsp3) is 0.758. The van der Waals surface area contributed by atoms with Gasteiger partial charge >= 0.3 is 11.9 Å². The van der Waals surface area contributed by atoms with Crippen LogP contribution in [-0.4, -0.2) is 61.8 Å². The number of ether oxygens (including phenoxy) is 1. The molecule has 1 aromatic carbocycles. The first-order valence-corrected chi connectivity index (χ1v) is 16.4. The van der Waals surface area contributed by atoms with Crippen molar-refractivity contribution in [2.24, 2.45) is 0 Å². The van der Waals surface area contributed by atoms with Crippen LogP contribution in [0.5, 0.6) is 0 Å². The van der Waals surface area contributed by atoms with Crippen molar-refractivity contribution in [1.82, 2.24) is 4.90 Å². The van der Waals surface area contributed by atoms with E-state index < -0.39 is 16.8 Å². The van der Waals surface area contributed by atoms with E-state index in [1.165, 1.54) is 25.7 Å². The topological polar surface area (TPSA) is 125 Å². The monoisotopic (exact) mass is 591 g/mol. The number of carbonyl (C=O) groups is 2. The van der Waals surface area contributed by atoms with Crippen LogP contribution in [0.15, 0.2) is 21.7 Å². The van der Waals surface area contributed by atoms with Gasteiger partial charge in [0.15, 0.2) is 0 Å². The van der Waals surface area contributed by atoms with Gasteiger partial charge in [-0.3, -0.25) is 19.2 Å². The Kier molecular flexibility index (Phi) is 22.1. The van der Waals surface area contributed by atoms with Crippen LogP contribution in [0, 0.1) is 0 Å². The number of nitrogens with zero attached hydrogens (tertiary/aromatic N) is 1. The first kappa shape index (κ1) is 37.3. The van der Waals surface area contributed by atoms with E-state index in [2.05, 4.69) is 28.5 Å². The third-order valence-corrected chi connectivity index (χ3v) is 7.57. The van der Waals surface area contributed by atoms with Crippen molar-refractivity contribution < 1.29 is 19.4 Å². The van der Waals surface area contributed by atoms with Crippen molar-refractivity contribution in [2.45, 2.75) is 122 Å². The molecule has 0 radical (unpaired) electrons. The number of rotatable bonds is 29. The molecule has 1 aromatic rings. The summed E-state index contributed by atoms with van der Waals surface area (Å²) >= 11 is 0. The minimum Gasteiger partial charge on any atom is -0.481 e. The summed E-state index contributed by atoms with van der Waals surface area (Å²) in [5.41, 5.74) is -0.133. The zero-order valence-corrected chi connectivity index (χ0v) is 26.4. The molecule has 1 rings (SSSR count). The number of hydrogen-bond donors (Lipinski definition) is 3. The summed E-state index contributed by atoms with van der Waals surface area (Å²) in [6, 6.07) is 0. The predicted octanol–water partition coefficient (Wildman–Crippen LogP) is 6.26. The third-order valence-electron chi connectivity index (χ3n) is 7.57. The molecule has 0 atom stereocenters. The molecule has 0 aliphatic heterocycles. The summed E-state index contributed by atoms with van der Waals surface area (Å²) in [5.74, 6) is -0.838. The number of unbranched alkanes of at least 4 members (excludes halogenated alkanes) is 12. The average Bonchev–Trinajstić information content (AvgIpc) is 2.97. The Morgan fingerprint density at radius 2 is 1.31 bits per heavy atom. The second kappa shape index (κ2) is 24.9. The minimum atomic E-state index is -0.725. The molecule has 0 saturated carbocycles. The number of anilines is 2. The molecule has 0 aliphatic rings. The van der Waals surface area contributed by atoms with Gasteiger partial charge in [0, 0.05) is 26.4 Å². The van der Waals surface area contributed by atoms with Crippen LogP contribution in [-0.2, 0) is 14.3 Å². The maximum atomic E-state index is 11.9. The summed E-state index contributed by atoms with van der Waals surface area (Å²) in [5, 5.41) is 14.7. The quantitative estimate of drug-likeness (QED) is 0.0428. The number of hydrogen-bond acceptors (Lipinski definition) is 8. The van der Waals surface area contributed by atoms with E-state index in [0.29, 0.717) is 30.9 Å². The van der Waals surface area contributed by atoms with E-state index >= 15 is 0 Å². The Morgan fingerprint density at radius 1 is 0.738 bits per heavy atom. The largest absolute Gasteiger partial charge is 0.481 e. The zero-order chi connectivity index (χ0) is 30.8. The van der Waals surface area contributed by atoms with Crippen LogP contribution in [0.4, 0.5) is 11.4 Å². The molecule has 9 heteroatoms. The number of allylic oxidation sites excluding steroid dienone is 1. The molecule has 0 heterocycles. The SMILES string of the molecule is CCCCCC/C=C\COC(=O)CCCCCCCN(CCCCCCCC(=O)O)CCCNc1c(NC)c(=O)c1=O. The van der Waals surface area contributed by atoms with E-state index in [0.717, 1.165) is 96.7 Å². The Balaban J connectivity index is 2.22. The van der Waals surface area contributed by atoms with Gasteiger partial charge in [-0.1, -0.05) is 76.9 Å². The van der Waals surface area contributed by atoms with Gasteiger partial charge < -0.3 is 25.4 Å². The second-order valence-electron chi connectivity index (χ2n) is 11.2. The van der Waals surface area contributed by atoms with Crippen molar-refractivity contribution in [3.05, 3.63) is 32.6 Å². The lowest BCUT2D eigenvalue weighted by Crippen LogP contribution is -2.37. The first-order valence-electron chi connectivity index (χ1n) is 16.4. The highest BCUT2D eigenvalue weighted by Gasteiger charge is 2.18. The summed E-state index contributed by atoms with van der Waals surface area (Å²) in [7, 11) is 1.64. The average molecular weight is 592 g/mol. The molecule has 0 saturated heterocycles. The minimum absolute atomic E-state index is 0.112. The van der Waals surface area contributed by atoms with Crippen molar-refractivity contribution in [3.8, 4) is 0 Å². The highest BCUT2D eigenvalue weighted by atomic mass is 16.5. The van der Waals surface area contributed by atoms with Gasteiger partial charge in [0.05, 0.1) is 0 Å². The Hall–Kier alpha value is -2.68. The molecular formula is C33H57N3O6. The van der Waals surface area contributed by atoms with Crippen LogP contribution in [0.3, 0.4) is 0 Å². The molecule has 0 aromatic heterocycles. The number of carboxylic acid groups (broad SMARTS) is 1. The maximum Gasteiger partial charge on any atom is 0.306 e. The van der Waals surface area contributed by atoms with E-state index in [4.69, 9.17) is 9.84 Å². The number of carboxylic acids is 1. The van der Waals surface area contributed by atoms with Crippen molar-refractivity contribution >= 4 is 23.3 Å². The van der Waals surface area contributed by atoms with Crippen molar-refractivity contribution in [1.29, 1.82) is 0 Å². The van der Waals surface area contributed by atoms with Crippen molar-refractivity contribution in [2.75, 3.05) is 50.5 Å². The fourth-order valence-corrected chi connectivity index (χ4v) is 5.02. The molecule has 0 fully saturated rings. The van der Waals surface area contributed by atoms with Crippen LogP contribution < -0.4 is 21.5 Å². The highest BCUT2D eigenvalue weighted by molar-refractivity contribution is 5.73. The van der Waals surface area contributed by atoms with E-state index in [9.17, 15) is 19.2 Å². The van der Waals surface area contributed by atoms with Crippen LogP contribution in [0.1, 0.15) is 122 Å². The maximum absolute atomic E-state index is 11.9. The molecular weight excluding hydrogens is 534 g/mol. The lowest BCUT2D eigenvalue weighted by Gasteiger charge is -2.23. The zero-order valence-electron chi connectivity index (χ0n) is 26.4. The lowest BCUT2D eigenvalue weighted by molar-refractivity contribution is -0.142. The van der Waals surface area contributed by atoms with Gasteiger partial charge in [-0.05, 0) is 64.6 Å². The predicted molar refractivity (Wildman–Crippen MR) is 172 cm³/mol. The van der Waals surface area contributed by atoms with Gasteiger partial charge in [0.1, 0.15) is 18.0 Å². The first-order chi connectivity index (χ1) is 20.4. The molecule has 42 heavy (non-hydrogen) atoms. The molecule has 0 spiro atoms. The number of nitrogens with one attached hydrogen (secondary N) is 2. The van der Waals surface area contributed by atoms with Gasteiger partial charge in [-0.25, -0.2) is 0 Å². The second-order valence-corrected chi connectivity index (χ2v) is 11.2. The summed E-state index contributed by atoms with van der Waals surface area (Å²) in [6.07, 6.45) is 21.8. The normalized spacial score (nSPS) is 11.5. The summed E-state index contributed by atoms with van der Waals surface area (Å²) in [6.45, 7) is 6.14. The van der Waals surface area contributed by atoms with E-state index in [1.54, 1.807) is 7.05 Å². The van der Waals surface area contributed by atoms with Gasteiger partial charge in [-0.15, -0.1) is 0 Å². The van der Waals surface area contributed by atoms with E-state index in [-0.39, 0.29) is 12.4 Å². The smallest absolute Gasteiger partial charge is 0.306 e. The molecule has 0 bridgehead atoms. The molecule has 0 unspecified atom stereocenters. The third kappa shape index (κ3) is 18.0. The van der Waals surface area contributed by atoms with Crippen LogP contribution in [0.2, 0.25) is 0 Å². The van der Waals surface area contributed by atoms with Crippen molar-refractivity contribution in [3.63, 3.8) is 0 Å². The molecule has 3 N–H and O–H groups in total. The van der Waals surface area contributed by atoms with Crippen LogP contribution in [0.25, 0.3) is 0 Å². The van der Waals surface area contributed by atoms with Gasteiger partial charge in [0.2, 0.25) is 0 Å². The van der Waals surface area contributed by atoms with Gasteiger partial charge in [0.25, 0.3) is 10.9 Å².